The molecule has 0 saturated carbocycles. The summed E-state index contributed by atoms with van der Waals surface area (Å²) < 4.78 is 1.07. The van der Waals surface area contributed by atoms with E-state index in [2.05, 4.69) is 49.4 Å². The van der Waals surface area contributed by atoms with Gasteiger partial charge in [0.05, 0.1) is 0 Å². The van der Waals surface area contributed by atoms with Crippen LogP contribution in [0.25, 0.3) is 10.8 Å². The van der Waals surface area contributed by atoms with Crippen molar-refractivity contribution in [3.05, 3.63) is 53.1 Å². The lowest BCUT2D eigenvalue weighted by molar-refractivity contribution is 1.17. The van der Waals surface area contributed by atoms with Crippen LogP contribution in [0.5, 0.6) is 0 Å². The van der Waals surface area contributed by atoms with Crippen molar-refractivity contribution in [2.24, 2.45) is 0 Å². The Labute approximate surface area is 118 Å². The fourth-order valence-corrected chi connectivity index (χ4v) is 2.24. The van der Waals surface area contributed by atoms with Crippen LogP contribution in [-0.2, 0) is 0 Å². The van der Waals surface area contributed by atoms with Crippen LogP contribution in [0.2, 0.25) is 0 Å². The first-order valence-electron chi connectivity index (χ1n) is 5.75. The van der Waals surface area contributed by atoms with Crippen molar-refractivity contribution in [3.63, 3.8) is 0 Å². The van der Waals surface area contributed by atoms with E-state index in [4.69, 9.17) is 5.73 Å². The van der Waals surface area contributed by atoms with Crippen LogP contribution in [0, 0.1) is 0 Å². The van der Waals surface area contributed by atoms with Gasteiger partial charge < -0.3 is 11.1 Å². The highest BCUT2D eigenvalue weighted by Crippen LogP contribution is 2.24. The highest BCUT2D eigenvalue weighted by molar-refractivity contribution is 9.10. The number of aromatic nitrogens is 2. The van der Waals surface area contributed by atoms with Crippen molar-refractivity contribution in [1.29, 1.82) is 0 Å². The van der Waals surface area contributed by atoms with E-state index in [0.29, 0.717) is 11.8 Å². The molecule has 0 atom stereocenters. The minimum absolute atomic E-state index is 0.446. The maximum atomic E-state index is 5.62. The Balaban J connectivity index is 1.95. The second-order valence-electron chi connectivity index (χ2n) is 4.14. The molecule has 0 spiro atoms. The van der Waals surface area contributed by atoms with E-state index in [1.54, 1.807) is 12.3 Å². The summed E-state index contributed by atoms with van der Waals surface area (Å²) in [5.41, 5.74) is 6.55. The molecule has 3 rings (SSSR count). The Bertz CT molecular complexity index is 742. The lowest BCUT2D eigenvalue weighted by Crippen LogP contribution is -1.99. The van der Waals surface area contributed by atoms with E-state index in [-0.39, 0.29) is 0 Å². The molecule has 19 heavy (non-hydrogen) atoms. The van der Waals surface area contributed by atoms with Crippen molar-refractivity contribution >= 4 is 44.2 Å². The third kappa shape index (κ3) is 2.66. The van der Waals surface area contributed by atoms with Gasteiger partial charge in [-0.3, -0.25) is 0 Å². The first kappa shape index (κ1) is 11.9. The Morgan fingerprint density at radius 2 is 1.79 bits per heavy atom. The van der Waals surface area contributed by atoms with Crippen molar-refractivity contribution in [1.82, 2.24) is 9.97 Å². The number of anilines is 3. The molecule has 0 aliphatic carbocycles. The second-order valence-corrected chi connectivity index (χ2v) is 5.05. The highest BCUT2D eigenvalue weighted by Gasteiger charge is 2.00. The number of fused-ring (bicyclic) bond motifs is 1. The number of nitrogens with zero attached hydrogens (tertiary/aromatic N) is 2. The van der Waals surface area contributed by atoms with E-state index in [9.17, 15) is 0 Å². The van der Waals surface area contributed by atoms with Crippen LogP contribution < -0.4 is 11.1 Å². The Kier molecular flexibility index (Phi) is 3.05. The van der Waals surface area contributed by atoms with Gasteiger partial charge in [0.1, 0.15) is 5.82 Å². The fourth-order valence-electron chi connectivity index (χ4n) is 1.86. The van der Waals surface area contributed by atoms with Gasteiger partial charge in [-0.15, -0.1) is 0 Å². The number of nitrogens with one attached hydrogen (secondary N) is 1. The summed E-state index contributed by atoms with van der Waals surface area (Å²) in [7, 11) is 0. The summed E-state index contributed by atoms with van der Waals surface area (Å²) in [4.78, 5) is 8.23. The first-order valence-corrected chi connectivity index (χ1v) is 6.55. The Morgan fingerprint density at radius 1 is 1.00 bits per heavy atom. The summed E-state index contributed by atoms with van der Waals surface area (Å²) in [6, 6.07) is 13.9. The van der Waals surface area contributed by atoms with E-state index in [1.165, 1.54) is 5.39 Å². The summed E-state index contributed by atoms with van der Waals surface area (Å²) >= 11 is 3.46. The Hall–Kier alpha value is -2.14. The smallest absolute Gasteiger partial charge is 0.229 e. The predicted octanol–water partition coefficient (Wildman–Crippen LogP) is 3.72. The number of rotatable bonds is 2. The van der Waals surface area contributed by atoms with Crippen molar-refractivity contribution in [3.8, 4) is 0 Å². The maximum absolute atomic E-state index is 5.62. The molecule has 3 aromatic rings. The van der Waals surface area contributed by atoms with Gasteiger partial charge in [0, 0.05) is 16.4 Å². The molecule has 1 heterocycles. The average Bonchev–Trinajstić information content (AvgIpc) is 2.39. The molecule has 5 heteroatoms. The van der Waals surface area contributed by atoms with Gasteiger partial charge in [-0.2, -0.15) is 4.98 Å². The van der Waals surface area contributed by atoms with Crippen molar-refractivity contribution in [2.75, 3.05) is 11.1 Å². The standard InChI is InChI=1S/C14H11BrN4/c15-11-3-1-10-8-12(4-2-9(10)7-11)18-14-17-6-5-13(16)19-14/h1-8H,(H3,16,17,18,19). The molecule has 1 aromatic heterocycles. The van der Waals surface area contributed by atoms with Gasteiger partial charge in [-0.25, -0.2) is 4.98 Å². The molecule has 0 radical (unpaired) electrons. The lowest BCUT2D eigenvalue weighted by Gasteiger charge is -2.06. The van der Waals surface area contributed by atoms with Crippen LogP contribution in [0.15, 0.2) is 53.1 Å². The zero-order chi connectivity index (χ0) is 13.2. The van der Waals surface area contributed by atoms with Crippen LogP contribution in [0.4, 0.5) is 17.5 Å². The van der Waals surface area contributed by atoms with E-state index < -0.39 is 0 Å². The third-order valence-electron chi connectivity index (χ3n) is 2.74. The molecular weight excluding hydrogens is 304 g/mol. The quantitative estimate of drug-likeness (QED) is 0.756. The summed E-state index contributed by atoms with van der Waals surface area (Å²) in [5.74, 6) is 0.943. The first-order chi connectivity index (χ1) is 9.20. The molecule has 0 aliphatic rings. The van der Waals surface area contributed by atoms with E-state index >= 15 is 0 Å². The normalized spacial score (nSPS) is 10.6. The number of nitrogen functional groups attached to an aromatic ring is 1. The summed E-state index contributed by atoms with van der Waals surface area (Å²) in [6.07, 6.45) is 1.63. The predicted molar refractivity (Wildman–Crippen MR) is 81.4 cm³/mol. The zero-order valence-electron chi connectivity index (χ0n) is 9.97. The van der Waals surface area contributed by atoms with Gasteiger partial charge in [0.25, 0.3) is 0 Å². The van der Waals surface area contributed by atoms with Crippen LogP contribution in [-0.4, -0.2) is 9.97 Å². The van der Waals surface area contributed by atoms with Crippen molar-refractivity contribution < 1.29 is 0 Å². The van der Waals surface area contributed by atoms with Gasteiger partial charge >= 0.3 is 0 Å². The number of nitrogens with two attached hydrogens (primary N) is 1. The topological polar surface area (TPSA) is 63.8 Å². The van der Waals surface area contributed by atoms with Crippen LogP contribution >= 0.6 is 15.9 Å². The zero-order valence-corrected chi connectivity index (χ0v) is 11.6. The van der Waals surface area contributed by atoms with Crippen LogP contribution in [0.1, 0.15) is 0 Å². The van der Waals surface area contributed by atoms with E-state index in [0.717, 1.165) is 15.5 Å². The molecule has 0 saturated heterocycles. The molecule has 2 aromatic carbocycles. The second kappa shape index (κ2) is 4.85. The van der Waals surface area contributed by atoms with Gasteiger partial charge in [0.15, 0.2) is 0 Å². The highest BCUT2D eigenvalue weighted by atomic mass is 79.9. The third-order valence-corrected chi connectivity index (χ3v) is 3.23. The number of halogens is 1. The molecule has 0 aliphatic heterocycles. The number of benzene rings is 2. The molecule has 0 unspecified atom stereocenters. The minimum Gasteiger partial charge on any atom is -0.384 e. The SMILES string of the molecule is Nc1ccnc(Nc2ccc3cc(Br)ccc3c2)n1. The monoisotopic (exact) mass is 314 g/mol. The fraction of sp³-hybridized carbons (Fsp3) is 0. The maximum Gasteiger partial charge on any atom is 0.229 e. The molecule has 3 N–H and O–H groups in total. The molecule has 0 bridgehead atoms. The largest absolute Gasteiger partial charge is 0.384 e. The molecule has 0 fully saturated rings. The van der Waals surface area contributed by atoms with Gasteiger partial charge in [-0.05, 0) is 41.1 Å². The van der Waals surface area contributed by atoms with Gasteiger partial charge in [0.2, 0.25) is 5.95 Å². The van der Waals surface area contributed by atoms with E-state index in [1.807, 2.05) is 18.2 Å². The average molecular weight is 315 g/mol. The molecular formula is C14H11BrN4. The number of hydrogen-bond acceptors (Lipinski definition) is 4. The lowest BCUT2D eigenvalue weighted by atomic mass is 10.1. The van der Waals surface area contributed by atoms with Gasteiger partial charge in [-0.1, -0.05) is 28.1 Å². The van der Waals surface area contributed by atoms with Crippen LogP contribution in [0.3, 0.4) is 0 Å². The summed E-state index contributed by atoms with van der Waals surface area (Å²) in [6.45, 7) is 0. The van der Waals surface area contributed by atoms with Crippen molar-refractivity contribution in [2.45, 2.75) is 0 Å². The molecule has 4 nitrogen and oxygen atoms in total. The molecule has 0 amide bonds. The molecule has 94 valence electrons. The summed E-state index contributed by atoms with van der Waals surface area (Å²) in [5, 5.41) is 5.46. The number of hydrogen-bond donors (Lipinski definition) is 2. The minimum atomic E-state index is 0.446. The Morgan fingerprint density at radius 3 is 2.63 bits per heavy atom.